The topological polar surface area (TPSA) is 50.3 Å². The van der Waals surface area contributed by atoms with Crippen molar-refractivity contribution in [3.63, 3.8) is 0 Å². The predicted octanol–water partition coefficient (Wildman–Crippen LogP) is 2.96. The van der Waals surface area contributed by atoms with Crippen LogP contribution in [0.5, 0.6) is 0 Å². The minimum Gasteiger partial charge on any atom is -0.245 e. The molecule has 0 saturated carbocycles. The van der Waals surface area contributed by atoms with E-state index in [9.17, 15) is 8.42 Å². The van der Waals surface area contributed by atoms with E-state index in [1.54, 1.807) is 15.6 Å². The van der Waals surface area contributed by atoms with Crippen molar-refractivity contribution in [1.29, 1.82) is 0 Å². The monoisotopic (exact) mass is 302 g/mol. The third-order valence-corrected chi connectivity index (χ3v) is 6.33. The summed E-state index contributed by atoms with van der Waals surface area (Å²) in [6, 6.07) is -0.0581. The highest BCUT2D eigenvalue weighted by Gasteiger charge is 2.38. The Morgan fingerprint density at radius 2 is 2.16 bits per heavy atom. The molecule has 6 heteroatoms. The number of sulfonamides is 1. The zero-order valence-electron chi connectivity index (χ0n) is 12.0. The lowest BCUT2D eigenvalue weighted by atomic mass is 10.0. The van der Waals surface area contributed by atoms with Gasteiger partial charge in [0.25, 0.3) is 0 Å². The van der Waals surface area contributed by atoms with Gasteiger partial charge in [0.05, 0.1) is 22.5 Å². The Morgan fingerprint density at radius 1 is 1.47 bits per heavy atom. The SMILES string of the molecule is Cc1nc([C@@H]2CCCN2S(=O)(=O)CC(C)(C)C)cs1. The van der Waals surface area contributed by atoms with Gasteiger partial charge in [-0.2, -0.15) is 4.31 Å². The van der Waals surface area contributed by atoms with Crippen molar-refractivity contribution < 1.29 is 8.42 Å². The second kappa shape index (κ2) is 5.14. The molecule has 1 aliphatic rings. The number of thiazole rings is 1. The normalized spacial score (nSPS) is 22.0. The molecule has 0 bridgehead atoms. The summed E-state index contributed by atoms with van der Waals surface area (Å²) in [6.45, 7) is 8.46. The van der Waals surface area contributed by atoms with E-state index in [0.29, 0.717) is 6.54 Å². The van der Waals surface area contributed by atoms with E-state index in [1.165, 1.54) is 0 Å². The van der Waals surface area contributed by atoms with Crippen molar-refractivity contribution in [1.82, 2.24) is 9.29 Å². The predicted molar refractivity (Wildman–Crippen MR) is 78.8 cm³/mol. The molecular formula is C13H22N2O2S2. The molecule has 0 N–H and O–H groups in total. The van der Waals surface area contributed by atoms with Crippen LogP contribution in [0, 0.1) is 12.3 Å². The molecule has 1 fully saturated rings. The summed E-state index contributed by atoms with van der Waals surface area (Å²) in [6.07, 6.45) is 1.80. The first-order valence-electron chi connectivity index (χ1n) is 6.61. The zero-order valence-corrected chi connectivity index (χ0v) is 13.6. The molecule has 4 nitrogen and oxygen atoms in total. The van der Waals surface area contributed by atoms with Crippen LogP contribution in [0.4, 0.5) is 0 Å². The fraction of sp³-hybridized carbons (Fsp3) is 0.769. The molecule has 0 unspecified atom stereocenters. The Balaban J connectivity index is 2.24. The summed E-state index contributed by atoms with van der Waals surface area (Å²) < 4.78 is 26.7. The molecule has 1 saturated heterocycles. The van der Waals surface area contributed by atoms with Gasteiger partial charge < -0.3 is 0 Å². The minimum atomic E-state index is -3.21. The molecule has 0 spiro atoms. The minimum absolute atomic E-state index is 0.0581. The van der Waals surface area contributed by atoms with Gasteiger partial charge in [-0.05, 0) is 25.2 Å². The lowest BCUT2D eigenvalue weighted by Gasteiger charge is -2.27. The van der Waals surface area contributed by atoms with E-state index >= 15 is 0 Å². The van der Waals surface area contributed by atoms with E-state index in [2.05, 4.69) is 4.98 Å². The number of hydrogen-bond acceptors (Lipinski definition) is 4. The van der Waals surface area contributed by atoms with Crippen LogP contribution in [0.25, 0.3) is 0 Å². The van der Waals surface area contributed by atoms with E-state index < -0.39 is 10.0 Å². The van der Waals surface area contributed by atoms with Crippen LogP contribution >= 0.6 is 11.3 Å². The third kappa shape index (κ3) is 3.55. The lowest BCUT2D eigenvalue weighted by molar-refractivity contribution is 0.373. The maximum Gasteiger partial charge on any atom is 0.215 e. The summed E-state index contributed by atoms with van der Waals surface area (Å²) in [5.41, 5.74) is 0.696. The van der Waals surface area contributed by atoms with Crippen molar-refractivity contribution in [2.75, 3.05) is 12.3 Å². The fourth-order valence-corrected chi connectivity index (χ4v) is 5.46. The van der Waals surface area contributed by atoms with Crippen LogP contribution in [0.2, 0.25) is 0 Å². The van der Waals surface area contributed by atoms with Crippen molar-refractivity contribution in [2.45, 2.75) is 46.6 Å². The van der Waals surface area contributed by atoms with Gasteiger partial charge in [0.15, 0.2) is 0 Å². The number of nitrogens with zero attached hydrogens (tertiary/aromatic N) is 2. The van der Waals surface area contributed by atoms with Gasteiger partial charge in [0.2, 0.25) is 10.0 Å². The molecule has 0 aromatic carbocycles. The third-order valence-electron chi connectivity index (χ3n) is 3.15. The molecule has 1 aliphatic heterocycles. The highest BCUT2D eigenvalue weighted by Crippen LogP contribution is 2.36. The van der Waals surface area contributed by atoms with Gasteiger partial charge in [0.1, 0.15) is 0 Å². The first kappa shape index (κ1) is 14.9. The first-order valence-corrected chi connectivity index (χ1v) is 9.09. The van der Waals surface area contributed by atoms with Crippen LogP contribution in [-0.2, 0) is 10.0 Å². The fourth-order valence-electron chi connectivity index (χ4n) is 2.53. The van der Waals surface area contributed by atoms with E-state index in [4.69, 9.17) is 0 Å². The van der Waals surface area contributed by atoms with Gasteiger partial charge in [-0.15, -0.1) is 11.3 Å². The van der Waals surface area contributed by atoms with Gasteiger partial charge in [-0.1, -0.05) is 20.8 Å². The van der Waals surface area contributed by atoms with E-state index in [0.717, 1.165) is 23.5 Å². The van der Waals surface area contributed by atoms with Gasteiger partial charge >= 0.3 is 0 Å². The Labute approximate surface area is 119 Å². The smallest absolute Gasteiger partial charge is 0.215 e. The van der Waals surface area contributed by atoms with Crippen LogP contribution in [0.15, 0.2) is 5.38 Å². The maximum absolute atomic E-state index is 12.5. The standard InChI is InChI=1S/C13H22N2O2S2/c1-10-14-11(8-18-10)12-6-5-7-15(12)19(16,17)9-13(2,3)4/h8,12H,5-7,9H2,1-4H3/t12-/m0/s1. The Bertz CT molecular complexity index is 543. The van der Waals surface area contributed by atoms with Crippen LogP contribution in [0.3, 0.4) is 0 Å². The zero-order chi connectivity index (χ0) is 14.3. The van der Waals surface area contributed by atoms with Gasteiger partial charge in [-0.25, -0.2) is 13.4 Å². The van der Waals surface area contributed by atoms with Gasteiger partial charge in [0, 0.05) is 11.9 Å². The second-order valence-electron chi connectivity index (χ2n) is 6.38. The van der Waals surface area contributed by atoms with Crippen molar-refractivity contribution in [2.24, 2.45) is 5.41 Å². The summed E-state index contributed by atoms with van der Waals surface area (Å²) in [5, 5.41) is 2.99. The Hall–Kier alpha value is -0.460. The van der Waals surface area contributed by atoms with Crippen LogP contribution < -0.4 is 0 Å². The van der Waals surface area contributed by atoms with Crippen LogP contribution in [0.1, 0.15) is 50.4 Å². The van der Waals surface area contributed by atoms with Gasteiger partial charge in [-0.3, -0.25) is 0 Å². The molecule has 1 aromatic rings. The Kier molecular flexibility index (Phi) is 4.05. The number of hydrogen-bond donors (Lipinski definition) is 0. The summed E-state index contributed by atoms with van der Waals surface area (Å²) >= 11 is 1.58. The second-order valence-corrected chi connectivity index (χ2v) is 9.36. The molecule has 108 valence electrons. The first-order chi connectivity index (χ1) is 8.69. The molecule has 19 heavy (non-hydrogen) atoms. The maximum atomic E-state index is 12.5. The molecule has 1 atom stereocenters. The average molecular weight is 302 g/mol. The van der Waals surface area contributed by atoms with Crippen molar-refractivity contribution in [3.05, 3.63) is 16.1 Å². The quantitative estimate of drug-likeness (QED) is 0.862. The van der Waals surface area contributed by atoms with E-state index in [-0.39, 0.29) is 17.2 Å². The molecule has 2 rings (SSSR count). The average Bonchev–Trinajstić information content (AvgIpc) is 2.80. The molecule has 2 heterocycles. The number of aromatic nitrogens is 1. The summed E-state index contributed by atoms with van der Waals surface area (Å²) in [7, 11) is -3.21. The van der Waals surface area contributed by atoms with Crippen LogP contribution in [-0.4, -0.2) is 30.0 Å². The Morgan fingerprint density at radius 3 is 2.68 bits per heavy atom. The molecular weight excluding hydrogens is 280 g/mol. The molecule has 1 aromatic heterocycles. The highest BCUT2D eigenvalue weighted by molar-refractivity contribution is 7.89. The van der Waals surface area contributed by atoms with Crippen molar-refractivity contribution >= 4 is 21.4 Å². The molecule has 0 radical (unpaired) electrons. The number of aryl methyl sites for hydroxylation is 1. The van der Waals surface area contributed by atoms with Crippen molar-refractivity contribution in [3.8, 4) is 0 Å². The summed E-state index contributed by atoms with van der Waals surface area (Å²) in [4.78, 5) is 4.47. The largest absolute Gasteiger partial charge is 0.245 e. The molecule has 0 amide bonds. The highest BCUT2D eigenvalue weighted by atomic mass is 32.2. The number of rotatable bonds is 3. The molecule has 0 aliphatic carbocycles. The van der Waals surface area contributed by atoms with E-state index in [1.807, 2.05) is 33.1 Å². The summed E-state index contributed by atoms with van der Waals surface area (Å²) in [5.74, 6) is 0.194. The lowest BCUT2D eigenvalue weighted by Crippen LogP contribution is -2.36.